The Bertz CT molecular complexity index is 1480. The molecule has 4 atom stereocenters. The molecule has 0 spiro atoms. The molecular weight excluding hydrogens is 532 g/mol. The maximum absolute atomic E-state index is 13.8. The Hall–Kier alpha value is -2.81. The summed E-state index contributed by atoms with van der Waals surface area (Å²) < 4.78 is 54.8. The summed E-state index contributed by atoms with van der Waals surface area (Å²) in [6, 6.07) is 15.1. The second kappa shape index (κ2) is 10.1. The van der Waals surface area contributed by atoms with E-state index in [-0.39, 0.29) is 33.0 Å². The summed E-state index contributed by atoms with van der Waals surface area (Å²) in [5.74, 6) is -3.06. The van der Waals surface area contributed by atoms with Crippen LogP contribution in [0.5, 0.6) is 0 Å². The molecule has 9 heteroatoms. The summed E-state index contributed by atoms with van der Waals surface area (Å²) in [5.41, 5.74) is 0.599. The Labute approximate surface area is 225 Å². The Morgan fingerprint density at radius 2 is 1.68 bits per heavy atom. The molecule has 2 aliphatic rings. The third-order valence-corrected chi connectivity index (χ3v) is 10.8. The van der Waals surface area contributed by atoms with Crippen LogP contribution in [0.1, 0.15) is 54.1 Å². The molecule has 2 fully saturated rings. The molecule has 0 saturated heterocycles. The molecule has 3 aromatic carbocycles. The summed E-state index contributed by atoms with van der Waals surface area (Å²) in [7, 11) is -3.93. The van der Waals surface area contributed by atoms with Crippen molar-refractivity contribution < 1.29 is 27.1 Å². The number of carbonyl (C=O) groups is 1. The van der Waals surface area contributed by atoms with E-state index in [1.807, 2.05) is 30.3 Å². The van der Waals surface area contributed by atoms with Crippen molar-refractivity contribution in [3.63, 3.8) is 0 Å². The van der Waals surface area contributed by atoms with E-state index in [9.17, 15) is 27.1 Å². The van der Waals surface area contributed by atoms with Gasteiger partial charge in [-0.05, 0) is 86.3 Å². The molecule has 2 bridgehead atoms. The van der Waals surface area contributed by atoms with E-state index in [1.54, 1.807) is 6.92 Å². The summed E-state index contributed by atoms with van der Waals surface area (Å²) in [6.45, 7) is 1.78. The molecule has 0 aliphatic heterocycles. The van der Waals surface area contributed by atoms with E-state index >= 15 is 0 Å². The van der Waals surface area contributed by atoms with Gasteiger partial charge in [-0.25, -0.2) is 17.2 Å². The van der Waals surface area contributed by atoms with Crippen molar-refractivity contribution in [3.8, 4) is 0 Å². The molecule has 3 aromatic rings. The van der Waals surface area contributed by atoms with E-state index in [2.05, 4.69) is 5.32 Å². The Balaban J connectivity index is 1.53. The first-order valence-electron chi connectivity index (χ1n) is 12.6. The number of sulfone groups is 1. The SMILES string of the molecule is CC1(O)C2CC[C@H]1CC(S(=O)(=O)c1cc(C(=O)Nc3ccc(F)c(F)c3)c(Cc3ccccc3)cc1Cl)C2. The number of carbonyl (C=O) groups excluding carboxylic acids is 1. The van der Waals surface area contributed by atoms with Crippen LogP contribution < -0.4 is 5.32 Å². The maximum Gasteiger partial charge on any atom is 0.255 e. The van der Waals surface area contributed by atoms with E-state index in [0.717, 1.165) is 30.5 Å². The highest BCUT2D eigenvalue weighted by molar-refractivity contribution is 7.92. The molecule has 0 aromatic heterocycles. The summed E-state index contributed by atoms with van der Waals surface area (Å²) >= 11 is 6.57. The number of fused-ring (bicyclic) bond motifs is 2. The maximum atomic E-state index is 13.8. The topological polar surface area (TPSA) is 83.5 Å². The highest BCUT2D eigenvalue weighted by atomic mass is 35.5. The van der Waals surface area contributed by atoms with E-state index < -0.39 is 38.2 Å². The monoisotopic (exact) mass is 559 g/mol. The van der Waals surface area contributed by atoms with Crippen LogP contribution in [0.3, 0.4) is 0 Å². The second-order valence-electron chi connectivity index (χ2n) is 10.5. The van der Waals surface area contributed by atoms with Crippen LogP contribution in [-0.4, -0.2) is 30.3 Å². The van der Waals surface area contributed by atoms with Crippen LogP contribution in [0.4, 0.5) is 14.5 Å². The van der Waals surface area contributed by atoms with Crippen LogP contribution in [-0.2, 0) is 16.3 Å². The van der Waals surface area contributed by atoms with Gasteiger partial charge in [-0.15, -0.1) is 0 Å². The van der Waals surface area contributed by atoms with Crippen molar-refractivity contribution in [1.29, 1.82) is 0 Å². The zero-order valence-electron chi connectivity index (χ0n) is 20.8. The number of amides is 1. The summed E-state index contributed by atoms with van der Waals surface area (Å²) in [4.78, 5) is 13.2. The minimum Gasteiger partial charge on any atom is -0.390 e. The largest absolute Gasteiger partial charge is 0.390 e. The van der Waals surface area contributed by atoms with E-state index in [1.165, 1.54) is 18.2 Å². The first-order chi connectivity index (χ1) is 18.0. The number of benzene rings is 3. The second-order valence-corrected chi connectivity index (χ2v) is 13.1. The van der Waals surface area contributed by atoms with Gasteiger partial charge in [-0.2, -0.15) is 0 Å². The third-order valence-electron chi connectivity index (χ3n) is 8.17. The zero-order chi connectivity index (χ0) is 27.2. The number of hydrogen-bond acceptors (Lipinski definition) is 4. The van der Waals surface area contributed by atoms with Crippen LogP contribution in [0, 0.1) is 23.5 Å². The molecule has 0 radical (unpaired) electrons. The number of halogens is 3. The fourth-order valence-corrected chi connectivity index (χ4v) is 8.41. The minimum atomic E-state index is -3.93. The van der Waals surface area contributed by atoms with Gasteiger partial charge in [0, 0.05) is 17.3 Å². The van der Waals surface area contributed by atoms with Crippen LogP contribution in [0.15, 0.2) is 65.6 Å². The zero-order valence-corrected chi connectivity index (χ0v) is 22.3. The number of nitrogens with one attached hydrogen (secondary N) is 1. The fourth-order valence-electron chi connectivity index (χ4n) is 5.96. The lowest BCUT2D eigenvalue weighted by Gasteiger charge is -2.40. The van der Waals surface area contributed by atoms with Gasteiger partial charge in [-0.1, -0.05) is 41.9 Å². The number of anilines is 1. The van der Waals surface area contributed by atoms with Crippen molar-refractivity contribution >= 4 is 33.0 Å². The molecule has 3 unspecified atom stereocenters. The normalized spacial score (nSPS) is 24.8. The van der Waals surface area contributed by atoms with Gasteiger partial charge in [0.05, 0.1) is 20.8 Å². The van der Waals surface area contributed by atoms with Gasteiger partial charge < -0.3 is 10.4 Å². The molecule has 200 valence electrons. The lowest BCUT2D eigenvalue weighted by molar-refractivity contribution is -0.0413. The third kappa shape index (κ3) is 4.97. The first kappa shape index (κ1) is 26.8. The first-order valence-corrected chi connectivity index (χ1v) is 14.5. The fraction of sp³-hybridized carbons (Fsp3) is 0.345. The quantitative estimate of drug-likeness (QED) is 0.378. The van der Waals surface area contributed by atoms with E-state index in [4.69, 9.17) is 11.6 Å². The van der Waals surface area contributed by atoms with Crippen molar-refractivity contribution in [2.24, 2.45) is 11.8 Å². The van der Waals surface area contributed by atoms with Crippen LogP contribution >= 0.6 is 11.6 Å². The Kier molecular flexibility index (Phi) is 7.09. The molecule has 2 saturated carbocycles. The molecular formula is C29H28ClF2NO4S. The van der Waals surface area contributed by atoms with Crippen molar-refractivity contribution in [3.05, 3.63) is 94.0 Å². The predicted molar refractivity (Wildman–Crippen MR) is 142 cm³/mol. The summed E-state index contributed by atoms with van der Waals surface area (Å²) in [6.07, 6.45) is 2.50. The Morgan fingerprint density at radius 1 is 1.03 bits per heavy atom. The lowest BCUT2D eigenvalue weighted by Crippen LogP contribution is -2.45. The predicted octanol–water partition coefficient (Wildman–Crippen LogP) is 6.17. The van der Waals surface area contributed by atoms with Crippen molar-refractivity contribution in [2.45, 2.75) is 54.8 Å². The molecule has 5 rings (SSSR count). The van der Waals surface area contributed by atoms with Gasteiger partial charge in [-0.3, -0.25) is 4.79 Å². The molecule has 38 heavy (non-hydrogen) atoms. The smallest absolute Gasteiger partial charge is 0.255 e. The molecule has 1 amide bonds. The van der Waals surface area contributed by atoms with Gasteiger partial charge in [0.2, 0.25) is 0 Å². The molecule has 2 aliphatic carbocycles. The van der Waals surface area contributed by atoms with Gasteiger partial charge >= 0.3 is 0 Å². The highest BCUT2D eigenvalue weighted by Crippen LogP contribution is 2.52. The number of rotatable bonds is 6. The van der Waals surface area contributed by atoms with Gasteiger partial charge in [0.25, 0.3) is 5.91 Å². The van der Waals surface area contributed by atoms with Crippen LogP contribution in [0.2, 0.25) is 5.02 Å². The lowest BCUT2D eigenvalue weighted by atomic mass is 9.76. The highest BCUT2D eigenvalue weighted by Gasteiger charge is 2.53. The van der Waals surface area contributed by atoms with E-state index in [0.29, 0.717) is 24.8 Å². The van der Waals surface area contributed by atoms with Crippen LogP contribution in [0.25, 0.3) is 0 Å². The molecule has 5 nitrogen and oxygen atoms in total. The van der Waals surface area contributed by atoms with Gasteiger partial charge in [0.1, 0.15) is 0 Å². The number of aliphatic hydroxyl groups is 1. The van der Waals surface area contributed by atoms with Gasteiger partial charge in [0.15, 0.2) is 21.5 Å². The average Bonchev–Trinajstić information content (AvgIpc) is 3.02. The number of hydrogen-bond donors (Lipinski definition) is 2. The summed E-state index contributed by atoms with van der Waals surface area (Å²) in [5, 5.41) is 12.7. The van der Waals surface area contributed by atoms with Crippen molar-refractivity contribution in [1.82, 2.24) is 0 Å². The molecule has 0 heterocycles. The molecule has 2 N–H and O–H groups in total. The minimum absolute atomic E-state index is 0.0185. The average molecular weight is 560 g/mol. The Morgan fingerprint density at radius 3 is 2.32 bits per heavy atom. The van der Waals surface area contributed by atoms with Crippen molar-refractivity contribution in [2.75, 3.05) is 5.32 Å². The standard InChI is InChI=1S/C29H28ClF2NO4S/c1-29(35)19-7-8-20(29)14-22(13-19)38(36,37)27-16-23(28(34)33-21-9-10-25(31)26(32)15-21)18(12-24(27)30)11-17-5-3-2-4-6-17/h2-6,9-10,12,15-16,19-20,22,35H,7-8,11,13-14H2,1H3,(H,33,34)/t19-,20?,22?,29?/m0/s1.